The first-order valence-corrected chi connectivity index (χ1v) is 13.6. The second-order valence-corrected chi connectivity index (χ2v) is 10.4. The quantitative estimate of drug-likeness (QED) is 0.182. The van der Waals surface area contributed by atoms with E-state index in [0.29, 0.717) is 30.2 Å². The highest BCUT2D eigenvalue weighted by Gasteiger charge is 2.20. The lowest BCUT2D eigenvalue weighted by molar-refractivity contribution is -0.111. The third-order valence-corrected chi connectivity index (χ3v) is 6.50. The molecule has 4 rings (SSSR count). The molecule has 40 heavy (non-hydrogen) atoms. The average Bonchev–Trinajstić information content (AvgIpc) is 3.24. The van der Waals surface area contributed by atoms with Crippen molar-refractivity contribution in [2.45, 2.75) is 0 Å². The van der Waals surface area contributed by atoms with Crippen molar-refractivity contribution in [3.8, 4) is 17.0 Å². The zero-order chi connectivity index (χ0) is 29.0. The van der Waals surface area contributed by atoms with Crippen molar-refractivity contribution >= 4 is 50.2 Å². The number of nitrogens with zero attached hydrogens (tertiary/aromatic N) is 5. The lowest BCUT2D eigenvalue weighted by Crippen LogP contribution is -2.29. The van der Waals surface area contributed by atoms with Crippen molar-refractivity contribution in [3.05, 3.63) is 67.5 Å². The Bertz CT molecular complexity index is 1670. The number of aryl methyl sites for hydroxylation is 1. The number of carbonyl (C=O) groups excluding carboxylic acids is 1. The number of nitrogens with one attached hydrogen (secondary N) is 2. The summed E-state index contributed by atoms with van der Waals surface area (Å²) in [5.74, 6) is -0.545. The predicted octanol–water partition coefficient (Wildman–Crippen LogP) is 3.68. The Balaban J connectivity index is 1.78. The summed E-state index contributed by atoms with van der Waals surface area (Å²) in [6.07, 6.45) is 4.65. The van der Waals surface area contributed by atoms with E-state index in [2.05, 4.69) is 27.2 Å². The number of aromatic nitrogens is 3. The van der Waals surface area contributed by atoms with Gasteiger partial charge >= 0.3 is 10.4 Å². The molecule has 4 aromatic rings. The van der Waals surface area contributed by atoms with Gasteiger partial charge in [-0.25, -0.2) is 9.97 Å². The fraction of sp³-hybridized carbons (Fsp3) is 0.222. The van der Waals surface area contributed by atoms with E-state index in [0.717, 1.165) is 22.5 Å². The molecule has 0 aliphatic rings. The molecule has 2 aromatic heterocycles. The summed E-state index contributed by atoms with van der Waals surface area (Å²) in [6.45, 7) is 4.72. The van der Waals surface area contributed by atoms with Crippen molar-refractivity contribution in [1.29, 1.82) is 0 Å². The number of hydrogen-bond donors (Lipinski definition) is 3. The molecule has 0 unspecified atom stereocenters. The van der Waals surface area contributed by atoms with E-state index in [1.54, 1.807) is 19.3 Å². The van der Waals surface area contributed by atoms with Crippen LogP contribution in [0.25, 0.3) is 22.2 Å². The summed E-state index contributed by atoms with van der Waals surface area (Å²) in [5.41, 5.74) is 3.44. The van der Waals surface area contributed by atoms with Gasteiger partial charge in [-0.1, -0.05) is 24.8 Å². The number of amides is 1. The van der Waals surface area contributed by atoms with Crippen LogP contribution in [0.3, 0.4) is 0 Å². The summed E-state index contributed by atoms with van der Waals surface area (Å²) in [7, 11) is 2.67. The monoisotopic (exact) mass is 565 g/mol. The second kappa shape index (κ2) is 11.7. The lowest BCUT2D eigenvalue weighted by Gasteiger charge is -2.25. The van der Waals surface area contributed by atoms with E-state index in [9.17, 15) is 17.8 Å². The normalized spacial score (nSPS) is 11.4. The third kappa shape index (κ3) is 6.75. The lowest BCUT2D eigenvalue weighted by atomic mass is 10.1. The van der Waals surface area contributed by atoms with Crippen molar-refractivity contribution < 1.29 is 21.9 Å². The van der Waals surface area contributed by atoms with Crippen LogP contribution in [0.15, 0.2) is 67.5 Å². The van der Waals surface area contributed by atoms with Gasteiger partial charge < -0.3 is 29.2 Å². The molecule has 0 spiro atoms. The molecule has 0 saturated carbocycles. The second-order valence-electron chi connectivity index (χ2n) is 9.36. The topological polar surface area (TPSA) is 142 Å². The highest BCUT2D eigenvalue weighted by molar-refractivity contribution is 7.81. The fourth-order valence-electron chi connectivity index (χ4n) is 4.15. The van der Waals surface area contributed by atoms with E-state index >= 15 is 0 Å². The van der Waals surface area contributed by atoms with Crippen LogP contribution in [0.4, 0.5) is 23.0 Å². The van der Waals surface area contributed by atoms with Crippen molar-refractivity contribution in [3.63, 3.8) is 0 Å². The molecule has 0 aliphatic carbocycles. The summed E-state index contributed by atoms with van der Waals surface area (Å²) in [4.78, 5) is 25.0. The summed E-state index contributed by atoms with van der Waals surface area (Å²) in [6, 6.07) is 12.6. The first-order chi connectivity index (χ1) is 18.9. The van der Waals surface area contributed by atoms with Crippen LogP contribution in [0.5, 0.6) is 5.75 Å². The van der Waals surface area contributed by atoms with Gasteiger partial charge in [-0.15, -0.1) is 0 Å². The Morgan fingerprint density at radius 1 is 1.15 bits per heavy atom. The van der Waals surface area contributed by atoms with Crippen LogP contribution in [-0.2, 0) is 22.2 Å². The Morgan fingerprint density at radius 3 is 2.60 bits per heavy atom. The molecule has 3 N–H and O–H groups in total. The van der Waals surface area contributed by atoms with Crippen molar-refractivity contribution in [2.75, 3.05) is 49.8 Å². The van der Waals surface area contributed by atoms with E-state index in [1.807, 2.05) is 66.0 Å². The molecule has 12 nitrogen and oxygen atoms in total. The Labute approximate surface area is 232 Å². The molecule has 0 fully saturated rings. The predicted molar refractivity (Wildman–Crippen MR) is 156 cm³/mol. The number of para-hydroxylation sites is 1. The largest absolute Gasteiger partial charge is 0.446 e. The Morgan fingerprint density at radius 2 is 1.90 bits per heavy atom. The Hall–Kier alpha value is -4.46. The molecule has 210 valence electrons. The van der Waals surface area contributed by atoms with E-state index < -0.39 is 16.3 Å². The van der Waals surface area contributed by atoms with E-state index in [-0.39, 0.29) is 17.4 Å². The van der Waals surface area contributed by atoms with Crippen LogP contribution in [0.1, 0.15) is 0 Å². The maximum absolute atomic E-state index is 12.2. The van der Waals surface area contributed by atoms with Crippen molar-refractivity contribution in [2.24, 2.45) is 7.05 Å². The first kappa shape index (κ1) is 28.5. The highest BCUT2D eigenvalue weighted by atomic mass is 32.3. The number of benzene rings is 2. The van der Waals surface area contributed by atoms with Crippen LogP contribution < -0.4 is 19.7 Å². The molecular weight excluding hydrogens is 534 g/mol. The molecule has 0 bridgehead atoms. The minimum absolute atomic E-state index is 0.0943. The fourth-order valence-corrected chi connectivity index (χ4v) is 4.52. The molecule has 0 saturated heterocycles. The highest BCUT2D eigenvalue weighted by Crippen LogP contribution is 2.39. The minimum atomic E-state index is -4.89. The zero-order valence-corrected chi connectivity index (χ0v) is 23.4. The summed E-state index contributed by atoms with van der Waals surface area (Å²) < 4.78 is 39.9. The number of carbonyl (C=O) groups is 1. The van der Waals surface area contributed by atoms with Crippen molar-refractivity contribution in [1.82, 2.24) is 19.4 Å². The minimum Gasteiger partial charge on any atom is -0.372 e. The molecule has 0 atom stereocenters. The molecule has 2 aromatic carbocycles. The van der Waals surface area contributed by atoms with Crippen LogP contribution in [0, 0.1) is 0 Å². The van der Waals surface area contributed by atoms with Gasteiger partial charge in [0, 0.05) is 62.1 Å². The Kier molecular flexibility index (Phi) is 8.38. The van der Waals surface area contributed by atoms with Gasteiger partial charge in [0.05, 0.1) is 22.8 Å². The van der Waals surface area contributed by atoms with E-state index in [1.165, 1.54) is 12.1 Å². The van der Waals surface area contributed by atoms with Gasteiger partial charge in [-0.05, 0) is 38.4 Å². The van der Waals surface area contributed by atoms with Gasteiger partial charge in [0.1, 0.15) is 0 Å². The number of anilines is 4. The molecular formula is C27H31N7O5S. The molecule has 0 radical (unpaired) electrons. The third-order valence-electron chi connectivity index (χ3n) is 6.11. The van der Waals surface area contributed by atoms with Gasteiger partial charge in [0.15, 0.2) is 5.75 Å². The van der Waals surface area contributed by atoms with Gasteiger partial charge in [-0.2, -0.15) is 8.42 Å². The number of likely N-dealkylation sites (N-methyl/N-ethyl adjacent to an activating group) is 2. The smallest absolute Gasteiger partial charge is 0.372 e. The number of hydrogen-bond acceptors (Lipinski definition) is 9. The molecule has 13 heteroatoms. The maximum Gasteiger partial charge on any atom is 0.446 e. The zero-order valence-electron chi connectivity index (χ0n) is 22.6. The van der Waals surface area contributed by atoms with Crippen LogP contribution >= 0.6 is 0 Å². The number of rotatable bonds is 11. The van der Waals surface area contributed by atoms with Gasteiger partial charge in [0.2, 0.25) is 11.9 Å². The number of fused-ring (bicyclic) bond motifs is 1. The standard InChI is InChI=1S/C27H31N7O5S/c1-6-26(35)29-21-15-22(25(39-40(36,37)38)16-24(21)33(4)14-13-32(2)3)31-27-28-12-11-20(30-27)19-17-34(5)23-10-8-7-9-18(19)23/h6-12,15-17H,1,13-14H2,2-5H3,(H,29,35)(H,28,30,31)(H,36,37,38). The molecule has 1 amide bonds. The van der Waals surface area contributed by atoms with Gasteiger partial charge in [-0.3, -0.25) is 9.35 Å². The van der Waals surface area contributed by atoms with Crippen LogP contribution in [0.2, 0.25) is 0 Å². The summed E-state index contributed by atoms with van der Waals surface area (Å²) in [5, 5.41) is 6.72. The summed E-state index contributed by atoms with van der Waals surface area (Å²) >= 11 is 0. The molecule has 2 heterocycles. The SMILES string of the molecule is C=CC(=O)Nc1cc(Nc2nccc(-c3cn(C)c4ccccc34)n2)c(OS(=O)(=O)O)cc1N(C)CCN(C)C. The van der Waals surface area contributed by atoms with Gasteiger partial charge in [0.25, 0.3) is 0 Å². The maximum atomic E-state index is 12.2. The first-order valence-electron chi connectivity index (χ1n) is 12.2. The van der Waals surface area contributed by atoms with E-state index in [4.69, 9.17) is 4.18 Å². The van der Waals surface area contributed by atoms with Crippen LogP contribution in [-0.4, -0.2) is 72.5 Å². The molecule has 0 aliphatic heterocycles. The average molecular weight is 566 g/mol.